The Balaban J connectivity index is 2.28. The second-order valence-corrected chi connectivity index (χ2v) is 5.05. The van der Waals surface area contributed by atoms with Gasteiger partial charge in [0, 0.05) is 14.1 Å². The zero-order chi connectivity index (χ0) is 15.6. The lowest BCUT2D eigenvalue weighted by molar-refractivity contribution is 0.216. The number of carbonyl (C=O) groups is 1. The van der Waals surface area contributed by atoms with Gasteiger partial charge in [0.2, 0.25) is 0 Å². The number of hydrogen-bond donors (Lipinski definition) is 1. The topological polar surface area (TPSA) is 63.1 Å². The van der Waals surface area contributed by atoms with Crippen LogP contribution in [0.1, 0.15) is 11.6 Å². The standard InChI is InChI=1S/C13H15ClFN5O/c1-8-17-12(7-16-13(21)19(2)3)20(18-8)9-4-5-11(15)10(14)6-9/h4-6H,7H2,1-3H3,(H,16,21). The minimum atomic E-state index is -0.500. The van der Waals surface area contributed by atoms with Gasteiger partial charge in [-0.25, -0.2) is 18.9 Å². The van der Waals surface area contributed by atoms with Crippen LogP contribution < -0.4 is 5.32 Å². The van der Waals surface area contributed by atoms with E-state index >= 15 is 0 Å². The molecule has 0 bridgehead atoms. The van der Waals surface area contributed by atoms with Crippen LogP contribution in [0.15, 0.2) is 18.2 Å². The van der Waals surface area contributed by atoms with Gasteiger partial charge in [-0.1, -0.05) is 11.6 Å². The normalized spacial score (nSPS) is 10.5. The van der Waals surface area contributed by atoms with E-state index in [-0.39, 0.29) is 17.6 Å². The van der Waals surface area contributed by atoms with Crippen molar-refractivity contribution in [3.63, 3.8) is 0 Å². The molecule has 0 saturated heterocycles. The lowest BCUT2D eigenvalue weighted by atomic mass is 10.3. The second-order valence-electron chi connectivity index (χ2n) is 4.64. The third kappa shape index (κ3) is 3.49. The van der Waals surface area contributed by atoms with Gasteiger partial charge in [-0.15, -0.1) is 0 Å². The van der Waals surface area contributed by atoms with Gasteiger partial charge in [0.25, 0.3) is 0 Å². The second kappa shape index (κ2) is 6.09. The number of aryl methyl sites for hydroxylation is 1. The molecule has 0 fully saturated rings. The van der Waals surface area contributed by atoms with Crippen LogP contribution in [0.5, 0.6) is 0 Å². The molecule has 0 atom stereocenters. The summed E-state index contributed by atoms with van der Waals surface area (Å²) in [5.74, 6) is 0.578. The van der Waals surface area contributed by atoms with Gasteiger partial charge in [0.05, 0.1) is 17.3 Å². The average molecular weight is 312 g/mol. The fourth-order valence-corrected chi connectivity index (χ4v) is 1.88. The molecular formula is C13H15ClFN5O. The number of hydrogen-bond acceptors (Lipinski definition) is 3. The van der Waals surface area contributed by atoms with E-state index in [1.54, 1.807) is 27.1 Å². The summed E-state index contributed by atoms with van der Waals surface area (Å²) in [7, 11) is 3.29. The number of aromatic nitrogens is 3. The highest BCUT2D eigenvalue weighted by molar-refractivity contribution is 6.30. The highest BCUT2D eigenvalue weighted by Crippen LogP contribution is 2.19. The van der Waals surface area contributed by atoms with E-state index in [0.29, 0.717) is 17.3 Å². The monoisotopic (exact) mass is 311 g/mol. The fourth-order valence-electron chi connectivity index (χ4n) is 1.71. The number of urea groups is 1. The highest BCUT2D eigenvalue weighted by Gasteiger charge is 2.12. The van der Waals surface area contributed by atoms with E-state index in [1.165, 1.54) is 21.7 Å². The van der Waals surface area contributed by atoms with Crippen LogP contribution in [0.25, 0.3) is 5.69 Å². The van der Waals surface area contributed by atoms with E-state index in [9.17, 15) is 9.18 Å². The molecule has 1 aromatic heterocycles. The van der Waals surface area contributed by atoms with Crippen molar-refractivity contribution in [1.29, 1.82) is 0 Å². The van der Waals surface area contributed by atoms with Crippen molar-refractivity contribution < 1.29 is 9.18 Å². The largest absolute Gasteiger partial charge is 0.331 e. The number of nitrogens with zero attached hydrogens (tertiary/aromatic N) is 4. The Morgan fingerprint density at radius 2 is 2.19 bits per heavy atom. The lowest BCUT2D eigenvalue weighted by Crippen LogP contribution is -2.34. The Hall–Kier alpha value is -2.15. The molecule has 1 heterocycles. The minimum Gasteiger partial charge on any atom is -0.331 e. The molecule has 0 radical (unpaired) electrons. The molecule has 0 unspecified atom stereocenters. The molecule has 8 heteroatoms. The predicted octanol–water partition coefficient (Wildman–Crippen LogP) is 2.14. The first-order valence-electron chi connectivity index (χ1n) is 6.21. The number of carbonyl (C=O) groups excluding carboxylic acids is 1. The Bertz CT molecular complexity index is 671. The van der Waals surface area contributed by atoms with Crippen LogP contribution in [-0.2, 0) is 6.54 Å². The molecule has 1 N–H and O–H groups in total. The lowest BCUT2D eigenvalue weighted by Gasteiger charge is -2.12. The van der Waals surface area contributed by atoms with Gasteiger partial charge in [0.1, 0.15) is 11.6 Å². The SMILES string of the molecule is Cc1nc(CNC(=O)N(C)C)n(-c2ccc(F)c(Cl)c2)n1. The summed E-state index contributed by atoms with van der Waals surface area (Å²) in [6.45, 7) is 1.94. The summed E-state index contributed by atoms with van der Waals surface area (Å²) in [5.41, 5.74) is 0.580. The molecule has 6 nitrogen and oxygen atoms in total. The smallest absolute Gasteiger partial charge is 0.317 e. The Morgan fingerprint density at radius 1 is 1.48 bits per heavy atom. The van der Waals surface area contributed by atoms with Crippen LogP contribution in [0.3, 0.4) is 0 Å². The summed E-state index contributed by atoms with van der Waals surface area (Å²) in [4.78, 5) is 17.2. The molecule has 21 heavy (non-hydrogen) atoms. The predicted molar refractivity (Wildman–Crippen MR) is 77.0 cm³/mol. The maximum absolute atomic E-state index is 13.2. The van der Waals surface area contributed by atoms with Crippen molar-refractivity contribution in [3.05, 3.63) is 40.7 Å². The molecule has 0 spiro atoms. The number of amides is 2. The Morgan fingerprint density at radius 3 is 2.81 bits per heavy atom. The summed E-state index contributed by atoms with van der Waals surface area (Å²) < 4.78 is 14.7. The fraction of sp³-hybridized carbons (Fsp3) is 0.308. The van der Waals surface area contributed by atoms with Crippen molar-refractivity contribution in [2.45, 2.75) is 13.5 Å². The van der Waals surface area contributed by atoms with Crippen LogP contribution in [-0.4, -0.2) is 39.8 Å². The van der Waals surface area contributed by atoms with Crippen LogP contribution in [0.2, 0.25) is 5.02 Å². The van der Waals surface area contributed by atoms with Crippen molar-refractivity contribution in [2.75, 3.05) is 14.1 Å². The summed E-state index contributed by atoms with van der Waals surface area (Å²) >= 11 is 5.78. The Kier molecular flexibility index (Phi) is 4.42. The molecule has 2 amide bonds. The minimum absolute atomic E-state index is 0.00364. The number of nitrogens with one attached hydrogen (secondary N) is 1. The highest BCUT2D eigenvalue weighted by atomic mass is 35.5. The van der Waals surface area contributed by atoms with Crippen molar-refractivity contribution in [2.24, 2.45) is 0 Å². The number of rotatable bonds is 3. The maximum Gasteiger partial charge on any atom is 0.317 e. The molecule has 2 aromatic rings. The van der Waals surface area contributed by atoms with Crippen molar-refractivity contribution in [1.82, 2.24) is 25.0 Å². The average Bonchev–Trinajstić information content (AvgIpc) is 2.80. The zero-order valence-electron chi connectivity index (χ0n) is 11.9. The van der Waals surface area contributed by atoms with Gasteiger partial charge >= 0.3 is 6.03 Å². The van der Waals surface area contributed by atoms with Crippen LogP contribution >= 0.6 is 11.6 Å². The van der Waals surface area contributed by atoms with Crippen LogP contribution in [0, 0.1) is 12.7 Å². The van der Waals surface area contributed by atoms with Gasteiger partial charge in [-0.05, 0) is 25.1 Å². The van der Waals surface area contributed by atoms with E-state index < -0.39 is 5.82 Å². The third-order valence-electron chi connectivity index (χ3n) is 2.73. The quantitative estimate of drug-likeness (QED) is 0.944. The van der Waals surface area contributed by atoms with E-state index in [0.717, 1.165) is 0 Å². The van der Waals surface area contributed by atoms with Gasteiger partial charge in [-0.3, -0.25) is 0 Å². The molecular weight excluding hydrogens is 297 g/mol. The molecule has 1 aromatic carbocycles. The molecule has 2 rings (SSSR count). The van der Waals surface area contributed by atoms with Gasteiger partial charge < -0.3 is 10.2 Å². The molecule has 0 aliphatic carbocycles. The molecule has 0 aliphatic rings. The third-order valence-corrected chi connectivity index (χ3v) is 3.02. The van der Waals surface area contributed by atoms with E-state index in [4.69, 9.17) is 11.6 Å². The first-order valence-corrected chi connectivity index (χ1v) is 6.59. The van der Waals surface area contributed by atoms with Crippen molar-refractivity contribution >= 4 is 17.6 Å². The zero-order valence-corrected chi connectivity index (χ0v) is 12.6. The van der Waals surface area contributed by atoms with E-state index in [2.05, 4.69) is 15.4 Å². The van der Waals surface area contributed by atoms with Gasteiger partial charge in [0.15, 0.2) is 5.82 Å². The summed E-state index contributed by atoms with van der Waals surface area (Å²) in [5, 5.41) is 6.94. The summed E-state index contributed by atoms with van der Waals surface area (Å²) in [6, 6.07) is 4.03. The number of halogens is 2. The number of benzene rings is 1. The van der Waals surface area contributed by atoms with Gasteiger partial charge in [-0.2, -0.15) is 5.10 Å². The first-order chi connectivity index (χ1) is 9.88. The van der Waals surface area contributed by atoms with Crippen molar-refractivity contribution in [3.8, 4) is 5.69 Å². The van der Waals surface area contributed by atoms with E-state index in [1.807, 2.05) is 0 Å². The molecule has 0 saturated carbocycles. The molecule has 0 aliphatic heterocycles. The maximum atomic E-state index is 13.2. The Labute approximate surface area is 126 Å². The summed E-state index contributed by atoms with van der Waals surface area (Å²) in [6.07, 6.45) is 0. The molecule has 112 valence electrons. The van der Waals surface area contributed by atoms with Crippen LogP contribution in [0.4, 0.5) is 9.18 Å². The first kappa shape index (κ1) is 15.2.